The van der Waals surface area contributed by atoms with Gasteiger partial charge in [-0.3, -0.25) is 0 Å². The quantitative estimate of drug-likeness (QED) is 0.658. The van der Waals surface area contributed by atoms with Gasteiger partial charge in [0.1, 0.15) is 0 Å². The van der Waals surface area contributed by atoms with Gasteiger partial charge >= 0.3 is 0 Å². The van der Waals surface area contributed by atoms with Crippen LogP contribution in [0.25, 0.3) is 0 Å². The van der Waals surface area contributed by atoms with E-state index in [0.717, 1.165) is 12.8 Å². The van der Waals surface area contributed by atoms with Crippen molar-refractivity contribution in [1.82, 2.24) is 0 Å². The van der Waals surface area contributed by atoms with Crippen molar-refractivity contribution in [2.75, 3.05) is 0 Å². The number of hydrogen-bond donors (Lipinski definition) is 1. The highest BCUT2D eigenvalue weighted by atomic mass is 35.5. The molecule has 2 N–H and O–H groups in total. The van der Waals surface area contributed by atoms with E-state index >= 15 is 0 Å². The van der Waals surface area contributed by atoms with E-state index < -0.39 is 0 Å². The third-order valence-corrected chi connectivity index (χ3v) is 1.80. The lowest BCUT2D eigenvalue weighted by atomic mass is 10.1. The smallest absolute Gasteiger partial charge is 0.00708 e. The maximum atomic E-state index is 5.74. The Hall–Kier alpha value is -0.270. The van der Waals surface area contributed by atoms with Gasteiger partial charge in [0.15, 0.2) is 0 Å². The van der Waals surface area contributed by atoms with Crippen LogP contribution in [0.3, 0.4) is 0 Å². The first kappa shape index (κ1) is 15.2. The molecule has 0 aliphatic rings. The number of halogens is 1. The van der Waals surface area contributed by atoms with Crippen LogP contribution in [0, 0.1) is 0 Å². The lowest BCUT2D eigenvalue weighted by Crippen LogP contribution is -2.16. The van der Waals surface area contributed by atoms with Crippen LogP contribution in [0.1, 0.15) is 39.5 Å². The minimum Gasteiger partial charge on any atom is -0.327 e. The van der Waals surface area contributed by atoms with Crippen molar-refractivity contribution >= 4 is 12.4 Å². The Morgan fingerprint density at radius 3 is 2.31 bits per heavy atom. The summed E-state index contributed by atoms with van der Waals surface area (Å²) in [6.45, 7) is 4.30. The Bertz CT molecular complexity index is 141. The van der Waals surface area contributed by atoms with Gasteiger partial charge in [-0.2, -0.15) is 0 Å². The number of rotatable bonds is 6. The lowest BCUT2D eigenvalue weighted by Gasteiger charge is -2.01. The Balaban J connectivity index is 0. The summed E-state index contributed by atoms with van der Waals surface area (Å²) < 4.78 is 0. The van der Waals surface area contributed by atoms with Gasteiger partial charge in [-0.15, -0.1) is 12.4 Å². The molecule has 0 radical (unpaired) electrons. The first-order valence-electron chi connectivity index (χ1n) is 4.88. The molecule has 78 valence electrons. The van der Waals surface area contributed by atoms with Crippen LogP contribution in [0.5, 0.6) is 0 Å². The van der Waals surface area contributed by atoms with Crippen molar-refractivity contribution in [2.24, 2.45) is 5.73 Å². The molecule has 0 rings (SSSR count). The summed E-state index contributed by atoms with van der Waals surface area (Å²) >= 11 is 0. The zero-order chi connectivity index (χ0) is 9.23. The van der Waals surface area contributed by atoms with Crippen molar-refractivity contribution < 1.29 is 0 Å². The molecule has 2 heteroatoms. The molecule has 0 fully saturated rings. The van der Waals surface area contributed by atoms with Gasteiger partial charge in [-0.1, -0.05) is 44.6 Å². The number of nitrogens with two attached hydrogens (primary N) is 1. The van der Waals surface area contributed by atoms with E-state index in [4.69, 9.17) is 5.73 Å². The fraction of sp³-hybridized carbons (Fsp3) is 0.636. The molecule has 0 saturated heterocycles. The summed E-state index contributed by atoms with van der Waals surface area (Å²) in [5.74, 6) is 0. The standard InChI is InChI=1S/C11H21N.ClH/c1-3-5-6-7-8-9-10-11(12)4-2;/h6-9,11H,3-5,10,12H2,1-2H3;1H/b7-6+,9-8+;. The summed E-state index contributed by atoms with van der Waals surface area (Å²) in [5, 5.41) is 0. The summed E-state index contributed by atoms with van der Waals surface area (Å²) in [6.07, 6.45) is 13.0. The molecule has 1 unspecified atom stereocenters. The average molecular weight is 204 g/mol. The fourth-order valence-electron chi connectivity index (χ4n) is 0.840. The predicted molar refractivity (Wildman–Crippen MR) is 63.3 cm³/mol. The van der Waals surface area contributed by atoms with E-state index in [-0.39, 0.29) is 12.4 Å². The SMILES string of the molecule is CCC/C=C/C=C/CC(N)CC.Cl. The Kier molecular flexibility index (Phi) is 13.7. The predicted octanol–water partition coefficient (Wildman–Crippen LogP) is 3.45. The van der Waals surface area contributed by atoms with Gasteiger partial charge < -0.3 is 5.73 Å². The van der Waals surface area contributed by atoms with Crippen LogP contribution in [0.4, 0.5) is 0 Å². The molecule has 13 heavy (non-hydrogen) atoms. The second-order valence-electron chi connectivity index (χ2n) is 3.05. The minimum atomic E-state index is 0. The second-order valence-corrected chi connectivity index (χ2v) is 3.05. The zero-order valence-electron chi connectivity index (χ0n) is 8.70. The highest BCUT2D eigenvalue weighted by molar-refractivity contribution is 5.85. The highest BCUT2D eigenvalue weighted by Crippen LogP contribution is 1.95. The molecule has 1 atom stereocenters. The van der Waals surface area contributed by atoms with Crippen molar-refractivity contribution in [2.45, 2.75) is 45.6 Å². The maximum absolute atomic E-state index is 5.74. The van der Waals surface area contributed by atoms with Gasteiger partial charge in [-0.25, -0.2) is 0 Å². The first-order chi connectivity index (χ1) is 5.81. The van der Waals surface area contributed by atoms with Crippen LogP contribution in [0.15, 0.2) is 24.3 Å². The highest BCUT2D eigenvalue weighted by Gasteiger charge is 1.91. The molecule has 0 saturated carbocycles. The van der Waals surface area contributed by atoms with Gasteiger partial charge in [0.25, 0.3) is 0 Å². The molecule has 0 bridgehead atoms. The summed E-state index contributed by atoms with van der Waals surface area (Å²) in [5.41, 5.74) is 5.74. The number of allylic oxidation sites excluding steroid dienone is 3. The van der Waals surface area contributed by atoms with Gasteiger partial charge in [0, 0.05) is 6.04 Å². The van der Waals surface area contributed by atoms with Crippen molar-refractivity contribution in [3.05, 3.63) is 24.3 Å². The third-order valence-electron chi connectivity index (χ3n) is 1.80. The number of hydrogen-bond acceptors (Lipinski definition) is 1. The molecule has 0 aliphatic heterocycles. The molecule has 0 aromatic heterocycles. The van der Waals surface area contributed by atoms with Gasteiger partial charge in [0.2, 0.25) is 0 Å². The van der Waals surface area contributed by atoms with Crippen molar-refractivity contribution in [3.63, 3.8) is 0 Å². The van der Waals surface area contributed by atoms with Gasteiger partial charge in [-0.05, 0) is 19.3 Å². The van der Waals surface area contributed by atoms with E-state index in [1.165, 1.54) is 12.8 Å². The topological polar surface area (TPSA) is 26.0 Å². The van der Waals surface area contributed by atoms with E-state index in [0.29, 0.717) is 6.04 Å². The summed E-state index contributed by atoms with van der Waals surface area (Å²) in [6, 6.07) is 0.334. The maximum Gasteiger partial charge on any atom is 0.00708 e. The molecule has 0 aromatic rings. The van der Waals surface area contributed by atoms with Crippen LogP contribution in [0.2, 0.25) is 0 Å². The van der Waals surface area contributed by atoms with E-state index in [1.807, 2.05) is 0 Å². The minimum absolute atomic E-state index is 0. The first-order valence-corrected chi connectivity index (χ1v) is 4.88. The number of unbranched alkanes of at least 4 members (excludes halogenated alkanes) is 1. The van der Waals surface area contributed by atoms with Crippen molar-refractivity contribution in [1.29, 1.82) is 0 Å². The molecular weight excluding hydrogens is 182 g/mol. The largest absolute Gasteiger partial charge is 0.327 e. The Morgan fingerprint density at radius 2 is 1.77 bits per heavy atom. The molecule has 0 heterocycles. The summed E-state index contributed by atoms with van der Waals surface area (Å²) in [7, 11) is 0. The molecule has 0 spiro atoms. The average Bonchev–Trinajstić information content (AvgIpc) is 2.10. The normalized spacial score (nSPS) is 13.5. The molecular formula is C11H22ClN. The van der Waals surface area contributed by atoms with Crippen LogP contribution >= 0.6 is 12.4 Å². The fourth-order valence-corrected chi connectivity index (χ4v) is 0.840. The molecule has 0 amide bonds. The summed E-state index contributed by atoms with van der Waals surface area (Å²) in [4.78, 5) is 0. The van der Waals surface area contributed by atoms with E-state index in [2.05, 4.69) is 38.2 Å². The zero-order valence-corrected chi connectivity index (χ0v) is 9.52. The van der Waals surface area contributed by atoms with Crippen LogP contribution in [-0.2, 0) is 0 Å². The lowest BCUT2D eigenvalue weighted by molar-refractivity contribution is 0.659. The Morgan fingerprint density at radius 1 is 1.15 bits per heavy atom. The second kappa shape index (κ2) is 11.7. The van der Waals surface area contributed by atoms with E-state index in [9.17, 15) is 0 Å². The third kappa shape index (κ3) is 11.7. The van der Waals surface area contributed by atoms with Crippen LogP contribution < -0.4 is 5.73 Å². The Labute approximate surface area is 88.5 Å². The van der Waals surface area contributed by atoms with Crippen LogP contribution in [-0.4, -0.2) is 6.04 Å². The van der Waals surface area contributed by atoms with E-state index in [1.54, 1.807) is 0 Å². The molecule has 0 aliphatic carbocycles. The van der Waals surface area contributed by atoms with Gasteiger partial charge in [0.05, 0.1) is 0 Å². The molecule has 1 nitrogen and oxygen atoms in total. The molecule has 0 aromatic carbocycles. The monoisotopic (exact) mass is 203 g/mol. The van der Waals surface area contributed by atoms with Crippen molar-refractivity contribution in [3.8, 4) is 0 Å².